The second-order valence-electron chi connectivity index (χ2n) is 10.5. The number of likely N-dealkylation sites (N-methyl/N-ethyl adjacent to an activating group) is 1. The summed E-state index contributed by atoms with van der Waals surface area (Å²) in [6.07, 6.45) is 2.00. The van der Waals surface area contributed by atoms with Crippen molar-refractivity contribution >= 4 is 17.1 Å². The standard InChI is InChI=1S/C31H37N7O3/c1-7-36-12-14-37(15-13-36)22(5)29-21(4)24(30(39)32-18-25-28(41-6)16-20(3)33-31(25)40)17-27-23(10-11-38(27)29)26-9-8-19(2)34-35-26/h8-11,16-17H,5,7,12-15,18H2,1-4,6H3,(H,32,39)(H,33,40). The maximum atomic E-state index is 13.8. The predicted molar refractivity (Wildman–Crippen MR) is 160 cm³/mol. The Morgan fingerprint density at radius 3 is 2.51 bits per heavy atom. The fourth-order valence-electron chi connectivity index (χ4n) is 5.47. The molecule has 41 heavy (non-hydrogen) atoms. The lowest BCUT2D eigenvalue weighted by atomic mass is 10.0. The Hall–Kier alpha value is -4.44. The number of methoxy groups -OCH3 is 1. The fraction of sp³-hybridized carbons (Fsp3) is 0.355. The summed E-state index contributed by atoms with van der Waals surface area (Å²) in [6, 6.07) is 9.48. The van der Waals surface area contributed by atoms with Crippen molar-refractivity contribution in [2.75, 3.05) is 39.8 Å². The Morgan fingerprint density at radius 2 is 1.85 bits per heavy atom. The average molecular weight is 556 g/mol. The van der Waals surface area contributed by atoms with Crippen molar-refractivity contribution < 1.29 is 9.53 Å². The van der Waals surface area contributed by atoms with Gasteiger partial charge in [0.15, 0.2) is 0 Å². The van der Waals surface area contributed by atoms with E-state index < -0.39 is 0 Å². The van der Waals surface area contributed by atoms with Crippen LogP contribution in [0.5, 0.6) is 5.75 Å². The highest BCUT2D eigenvalue weighted by atomic mass is 16.5. The first-order valence-electron chi connectivity index (χ1n) is 13.9. The van der Waals surface area contributed by atoms with Crippen molar-refractivity contribution in [3.63, 3.8) is 0 Å². The summed E-state index contributed by atoms with van der Waals surface area (Å²) in [4.78, 5) is 33.9. The van der Waals surface area contributed by atoms with Gasteiger partial charge in [0, 0.05) is 49.2 Å². The maximum absolute atomic E-state index is 13.8. The number of pyridine rings is 2. The Balaban J connectivity index is 1.57. The zero-order valence-corrected chi connectivity index (χ0v) is 24.4. The minimum absolute atomic E-state index is 0.0226. The fourth-order valence-corrected chi connectivity index (χ4v) is 5.47. The van der Waals surface area contributed by atoms with Gasteiger partial charge in [-0.25, -0.2) is 0 Å². The first-order chi connectivity index (χ1) is 19.7. The molecule has 0 radical (unpaired) electrons. The highest BCUT2D eigenvalue weighted by molar-refractivity contribution is 5.99. The molecule has 1 aliphatic rings. The number of nitrogens with zero attached hydrogens (tertiary/aromatic N) is 5. The topological polar surface area (TPSA) is 108 Å². The van der Waals surface area contributed by atoms with E-state index in [1.165, 1.54) is 7.11 Å². The second kappa shape index (κ2) is 11.6. The van der Waals surface area contributed by atoms with Crippen LogP contribution in [0, 0.1) is 20.8 Å². The van der Waals surface area contributed by atoms with E-state index in [1.54, 1.807) is 13.0 Å². The Kier molecular flexibility index (Phi) is 7.94. The van der Waals surface area contributed by atoms with Crippen LogP contribution >= 0.6 is 0 Å². The molecule has 4 aromatic heterocycles. The third-order valence-electron chi connectivity index (χ3n) is 7.88. The summed E-state index contributed by atoms with van der Waals surface area (Å²) in [6.45, 7) is 17.0. The van der Waals surface area contributed by atoms with Crippen LogP contribution in [0.1, 0.15) is 45.5 Å². The van der Waals surface area contributed by atoms with Crippen LogP contribution in [-0.4, -0.2) is 75.1 Å². The molecule has 214 valence electrons. The molecule has 0 unspecified atom stereocenters. The molecule has 4 aromatic rings. The third kappa shape index (κ3) is 5.47. The lowest BCUT2D eigenvalue weighted by molar-refractivity contribution is 0.0950. The number of hydrogen-bond donors (Lipinski definition) is 2. The number of carbonyl (C=O) groups is 1. The number of piperazine rings is 1. The second-order valence-corrected chi connectivity index (χ2v) is 10.5. The van der Waals surface area contributed by atoms with E-state index >= 15 is 0 Å². The van der Waals surface area contributed by atoms with E-state index in [2.05, 4.69) is 48.2 Å². The number of rotatable bonds is 8. The normalized spacial score (nSPS) is 13.9. The van der Waals surface area contributed by atoms with Gasteiger partial charge >= 0.3 is 0 Å². The number of nitrogens with one attached hydrogen (secondary N) is 2. The number of hydrogen-bond acceptors (Lipinski definition) is 7. The van der Waals surface area contributed by atoms with Crippen LogP contribution in [0.25, 0.3) is 22.5 Å². The van der Waals surface area contributed by atoms with Crippen molar-refractivity contribution in [1.29, 1.82) is 0 Å². The molecule has 5 rings (SSSR count). The Bertz CT molecular complexity index is 1660. The van der Waals surface area contributed by atoms with Gasteiger partial charge in [-0.3, -0.25) is 9.59 Å². The van der Waals surface area contributed by atoms with E-state index in [1.807, 2.05) is 44.3 Å². The SMILES string of the molecule is C=C(c1c(C)c(C(=O)NCc2c(OC)cc(C)[nH]c2=O)cc2c(-c3ccc(C)nn3)ccn12)N1CCN(CC)CC1. The minimum atomic E-state index is -0.293. The molecule has 1 amide bonds. The van der Waals surface area contributed by atoms with Gasteiger partial charge in [0.05, 0.1) is 47.5 Å². The van der Waals surface area contributed by atoms with Gasteiger partial charge in [-0.1, -0.05) is 13.5 Å². The highest BCUT2D eigenvalue weighted by Gasteiger charge is 2.25. The molecule has 5 heterocycles. The van der Waals surface area contributed by atoms with E-state index in [9.17, 15) is 9.59 Å². The zero-order valence-electron chi connectivity index (χ0n) is 24.4. The van der Waals surface area contributed by atoms with E-state index in [0.29, 0.717) is 22.6 Å². The smallest absolute Gasteiger partial charge is 0.256 e. The van der Waals surface area contributed by atoms with Crippen molar-refractivity contribution in [2.45, 2.75) is 34.2 Å². The molecular formula is C31H37N7O3. The number of carbonyl (C=O) groups excluding carboxylic acids is 1. The monoisotopic (exact) mass is 555 g/mol. The molecule has 0 aliphatic carbocycles. The molecule has 0 bridgehead atoms. The number of amides is 1. The van der Waals surface area contributed by atoms with E-state index in [4.69, 9.17) is 4.74 Å². The van der Waals surface area contributed by atoms with Crippen LogP contribution in [0.15, 0.2) is 47.9 Å². The summed E-state index contributed by atoms with van der Waals surface area (Å²) >= 11 is 0. The molecule has 0 saturated carbocycles. The molecule has 1 saturated heterocycles. The third-order valence-corrected chi connectivity index (χ3v) is 7.88. The van der Waals surface area contributed by atoms with Crippen LogP contribution < -0.4 is 15.6 Å². The predicted octanol–water partition coefficient (Wildman–Crippen LogP) is 3.56. The van der Waals surface area contributed by atoms with Gasteiger partial charge in [0.2, 0.25) is 0 Å². The largest absolute Gasteiger partial charge is 0.496 e. The van der Waals surface area contributed by atoms with Gasteiger partial charge in [0.1, 0.15) is 5.75 Å². The van der Waals surface area contributed by atoms with Crippen LogP contribution in [0.4, 0.5) is 0 Å². The molecule has 0 atom stereocenters. The van der Waals surface area contributed by atoms with Crippen molar-refractivity contribution in [3.8, 4) is 17.0 Å². The first kappa shape index (κ1) is 28.1. The van der Waals surface area contributed by atoms with Crippen LogP contribution in [-0.2, 0) is 6.54 Å². The number of aromatic amines is 1. The summed E-state index contributed by atoms with van der Waals surface area (Å²) in [5, 5.41) is 11.6. The van der Waals surface area contributed by atoms with Crippen molar-refractivity contribution in [3.05, 3.63) is 87.2 Å². The molecule has 1 fully saturated rings. The highest BCUT2D eigenvalue weighted by Crippen LogP contribution is 2.32. The minimum Gasteiger partial charge on any atom is -0.496 e. The molecule has 0 spiro atoms. The Morgan fingerprint density at radius 1 is 1.10 bits per heavy atom. The van der Waals surface area contributed by atoms with E-state index in [-0.39, 0.29) is 18.0 Å². The molecule has 2 N–H and O–H groups in total. The Labute approximate surface area is 239 Å². The summed E-state index contributed by atoms with van der Waals surface area (Å²) in [5.41, 5.74) is 7.05. The number of fused-ring (bicyclic) bond motifs is 1. The van der Waals surface area contributed by atoms with Gasteiger partial charge in [-0.2, -0.15) is 10.2 Å². The number of aryl methyl sites for hydroxylation is 2. The molecule has 10 heteroatoms. The number of aromatic nitrogens is 4. The van der Waals surface area contributed by atoms with Crippen molar-refractivity contribution in [1.82, 2.24) is 34.7 Å². The molecule has 1 aliphatic heterocycles. The molecule has 10 nitrogen and oxygen atoms in total. The summed E-state index contributed by atoms with van der Waals surface area (Å²) in [7, 11) is 1.51. The van der Waals surface area contributed by atoms with Gasteiger partial charge in [-0.05, 0) is 63.2 Å². The summed E-state index contributed by atoms with van der Waals surface area (Å²) < 4.78 is 7.50. The quantitative estimate of drug-likeness (QED) is 0.342. The average Bonchev–Trinajstić information content (AvgIpc) is 3.39. The van der Waals surface area contributed by atoms with E-state index in [0.717, 1.165) is 72.1 Å². The van der Waals surface area contributed by atoms with Gasteiger partial charge in [-0.15, -0.1) is 0 Å². The first-order valence-corrected chi connectivity index (χ1v) is 13.9. The lowest BCUT2D eigenvalue weighted by Crippen LogP contribution is -2.45. The van der Waals surface area contributed by atoms with Crippen LogP contribution in [0.2, 0.25) is 0 Å². The molecule has 0 aromatic carbocycles. The van der Waals surface area contributed by atoms with Crippen molar-refractivity contribution in [2.24, 2.45) is 0 Å². The zero-order chi connectivity index (χ0) is 29.3. The summed E-state index contributed by atoms with van der Waals surface area (Å²) in [5.74, 6) is 0.143. The van der Waals surface area contributed by atoms with Crippen LogP contribution in [0.3, 0.4) is 0 Å². The maximum Gasteiger partial charge on any atom is 0.256 e. The lowest BCUT2D eigenvalue weighted by Gasteiger charge is -2.37. The molecular weight excluding hydrogens is 518 g/mol. The van der Waals surface area contributed by atoms with Gasteiger partial charge < -0.3 is 29.2 Å². The number of H-pyrrole nitrogens is 1. The van der Waals surface area contributed by atoms with Gasteiger partial charge in [0.25, 0.3) is 11.5 Å². The number of ether oxygens (including phenoxy) is 1.